The first-order valence-electron chi connectivity index (χ1n) is 13.1. The Balaban J connectivity index is 0.00000108. The molecule has 0 saturated heterocycles. The van der Waals surface area contributed by atoms with Gasteiger partial charge in [-0.3, -0.25) is 10.1 Å². The number of aliphatic hydroxyl groups excluding tert-OH is 2. The molecule has 0 aliphatic rings. The lowest BCUT2D eigenvalue weighted by atomic mass is 10.1. The number of hydrogen-bond donors (Lipinski definition) is 4. The molecule has 13 nitrogen and oxygen atoms in total. The summed E-state index contributed by atoms with van der Waals surface area (Å²) >= 11 is 0. The number of nitrogens with one attached hydrogen (secondary N) is 2. The summed E-state index contributed by atoms with van der Waals surface area (Å²) in [5.41, 5.74) is 1.70. The number of nitrogens with zero attached hydrogens (tertiary/aromatic N) is 5. The second-order valence-corrected chi connectivity index (χ2v) is 8.22. The standard InChI is InChI=1S/C23H23N7O4.C4H10O.CH4O/c1-2-3-12-34-22(31)19-15-28-23(29-21(19)17-6-4-16(13-24)5-7-17)26-11-10-25-20-9-8-18(14-27-20)30(32)33;1-2-3-4-5;1-2/h4-9,14-15H,2-3,10-12H2,1H3,(H,25,27)(H,26,28,29);5H,2-4H2,1H3;2H,1H3. The number of aliphatic hydroxyl groups is 2. The predicted octanol–water partition coefficient (Wildman–Crippen LogP) is 4.19. The molecule has 4 N–H and O–H groups in total. The van der Waals surface area contributed by atoms with Gasteiger partial charge in [0.05, 0.1) is 28.9 Å². The van der Waals surface area contributed by atoms with Gasteiger partial charge in [-0.15, -0.1) is 0 Å². The first-order valence-corrected chi connectivity index (χ1v) is 13.1. The molecular weight excluding hydrogens is 530 g/mol. The number of nitro groups is 1. The van der Waals surface area contributed by atoms with Crippen molar-refractivity contribution in [2.75, 3.05) is 44.0 Å². The van der Waals surface area contributed by atoms with E-state index in [0.29, 0.717) is 54.9 Å². The zero-order valence-electron chi connectivity index (χ0n) is 23.5. The molecule has 41 heavy (non-hydrogen) atoms. The lowest BCUT2D eigenvalue weighted by molar-refractivity contribution is -0.385. The van der Waals surface area contributed by atoms with Gasteiger partial charge in [0.15, 0.2) is 0 Å². The van der Waals surface area contributed by atoms with Crippen molar-refractivity contribution in [3.63, 3.8) is 0 Å². The summed E-state index contributed by atoms with van der Waals surface area (Å²) in [6.45, 7) is 5.58. The third kappa shape index (κ3) is 12.4. The van der Waals surface area contributed by atoms with Crippen LogP contribution in [0.15, 0.2) is 48.8 Å². The van der Waals surface area contributed by atoms with Crippen LogP contribution in [0.25, 0.3) is 11.3 Å². The zero-order chi connectivity index (χ0) is 30.5. The number of carbonyl (C=O) groups is 1. The smallest absolute Gasteiger partial charge is 0.341 e. The molecule has 3 aromatic rings. The van der Waals surface area contributed by atoms with E-state index in [9.17, 15) is 14.9 Å². The van der Waals surface area contributed by atoms with Gasteiger partial charge in [-0.2, -0.15) is 5.26 Å². The van der Waals surface area contributed by atoms with Crippen LogP contribution in [-0.4, -0.2) is 69.5 Å². The van der Waals surface area contributed by atoms with Crippen molar-refractivity contribution in [3.8, 4) is 17.3 Å². The Morgan fingerprint density at radius 1 is 1.02 bits per heavy atom. The second-order valence-electron chi connectivity index (χ2n) is 8.22. The van der Waals surface area contributed by atoms with E-state index in [4.69, 9.17) is 20.2 Å². The maximum atomic E-state index is 12.6. The molecule has 0 aliphatic carbocycles. The summed E-state index contributed by atoms with van der Waals surface area (Å²) in [5.74, 6) is 0.296. The summed E-state index contributed by atoms with van der Waals surface area (Å²) in [7, 11) is 1.00. The number of carbonyl (C=O) groups excluding carboxylic acids is 1. The average Bonchev–Trinajstić information content (AvgIpc) is 3.01. The topological polar surface area (TPSA) is 196 Å². The van der Waals surface area contributed by atoms with Gasteiger partial charge in [0, 0.05) is 44.6 Å². The number of esters is 1. The number of nitriles is 1. The molecular formula is C28H37N7O6. The first-order chi connectivity index (χ1) is 19.9. The number of pyridine rings is 1. The van der Waals surface area contributed by atoms with E-state index >= 15 is 0 Å². The summed E-state index contributed by atoms with van der Waals surface area (Å²) in [6, 6.07) is 11.7. The molecule has 2 aromatic heterocycles. The second kappa shape index (κ2) is 20.3. The molecule has 0 bridgehead atoms. The van der Waals surface area contributed by atoms with E-state index in [0.717, 1.165) is 32.8 Å². The van der Waals surface area contributed by atoms with Crippen LogP contribution in [0.5, 0.6) is 0 Å². The molecule has 0 fully saturated rings. The van der Waals surface area contributed by atoms with Crippen LogP contribution in [-0.2, 0) is 4.74 Å². The van der Waals surface area contributed by atoms with Crippen LogP contribution in [0.4, 0.5) is 17.5 Å². The molecule has 13 heteroatoms. The van der Waals surface area contributed by atoms with Crippen LogP contribution in [0, 0.1) is 21.4 Å². The summed E-state index contributed by atoms with van der Waals surface area (Å²) < 4.78 is 5.34. The SMILES string of the molecule is CCCCO.CCCCOC(=O)c1cnc(NCCNc2ccc([N+](=O)[O-])cn2)nc1-c1ccc(C#N)cc1.CO. The quantitative estimate of drug-likeness (QED) is 0.0996. The Kier molecular flexibility index (Phi) is 17.0. The number of hydrogen-bond acceptors (Lipinski definition) is 12. The monoisotopic (exact) mass is 567 g/mol. The van der Waals surface area contributed by atoms with Crippen molar-refractivity contribution in [1.29, 1.82) is 5.26 Å². The van der Waals surface area contributed by atoms with Crippen molar-refractivity contribution in [1.82, 2.24) is 15.0 Å². The Bertz CT molecular complexity index is 1230. The van der Waals surface area contributed by atoms with Crippen molar-refractivity contribution in [3.05, 3.63) is 70.0 Å². The van der Waals surface area contributed by atoms with Crippen molar-refractivity contribution in [2.24, 2.45) is 0 Å². The van der Waals surface area contributed by atoms with Crippen LogP contribution >= 0.6 is 0 Å². The van der Waals surface area contributed by atoms with E-state index in [1.807, 2.05) is 6.92 Å². The predicted molar refractivity (Wildman–Crippen MR) is 155 cm³/mol. The van der Waals surface area contributed by atoms with Crippen LogP contribution in [0.1, 0.15) is 55.5 Å². The van der Waals surface area contributed by atoms with Crippen molar-refractivity contribution >= 4 is 23.4 Å². The Labute approximate surface area is 239 Å². The Hall–Kier alpha value is -4.67. The van der Waals surface area contributed by atoms with Gasteiger partial charge in [0.2, 0.25) is 5.95 Å². The van der Waals surface area contributed by atoms with Crippen LogP contribution in [0.2, 0.25) is 0 Å². The highest BCUT2D eigenvalue weighted by atomic mass is 16.6. The normalized spacial score (nSPS) is 9.66. The number of aromatic nitrogens is 3. The average molecular weight is 568 g/mol. The van der Waals surface area contributed by atoms with E-state index in [1.165, 1.54) is 24.5 Å². The number of unbranched alkanes of at least 4 members (excludes halogenated alkanes) is 2. The molecule has 220 valence electrons. The summed E-state index contributed by atoms with van der Waals surface area (Å²) in [6.07, 6.45) is 6.30. The molecule has 0 amide bonds. The molecule has 3 rings (SSSR count). The van der Waals surface area contributed by atoms with Gasteiger partial charge in [-0.1, -0.05) is 38.8 Å². The lowest BCUT2D eigenvalue weighted by Gasteiger charge is -2.12. The molecule has 0 spiro atoms. The van der Waals surface area contributed by atoms with Gasteiger partial charge in [-0.05, 0) is 31.0 Å². The molecule has 0 saturated carbocycles. The molecule has 0 unspecified atom stereocenters. The minimum absolute atomic E-state index is 0.0827. The Morgan fingerprint density at radius 3 is 2.24 bits per heavy atom. The van der Waals surface area contributed by atoms with Gasteiger partial charge >= 0.3 is 5.97 Å². The molecule has 0 aliphatic heterocycles. The van der Waals surface area contributed by atoms with Gasteiger partial charge in [-0.25, -0.2) is 19.7 Å². The van der Waals surface area contributed by atoms with E-state index in [1.54, 1.807) is 24.3 Å². The van der Waals surface area contributed by atoms with Crippen LogP contribution in [0.3, 0.4) is 0 Å². The first kappa shape index (κ1) is 34.4. The van der Waals surface area contributed by atoms with Crippen molar-refractivity contribution < 1.29 is 24.7 Å². The highest BCUT2D eigenvalue weighted by Gasteiger charge is 2.18. The molecule has 1 aromatic carbocycles. The fraction of sp³-hybridized carbons (Fsp3) is 0.393. The fourth-order valence-corrected chi connectivity index (χ4v) is 3.05. The molecule has 0 atom stereocenters. The Morgan fingerprint density at radius 2 is 1.71 bits per heavy atom. The van der Waals surface area contributed by atoms with Gasteiger partial charge in [0.25, 0.3) is 5.69 Å². The highest BCUT2D eigenvalue weighted by molar-refractivity contribution is 5.96. The third-order valence-electron chi connectivity index (χ3n) is 5.21. The molecule has 0 radical (unpaired) electrons. The number of anilines is 2. The maximum absolute atomic E-state index is 12.6. The summed E-state index contributed by atoms with van der Waals surface area (Å²) in [4.78, 5) is 35.5. The van der Waals surface area contributed by atoms with Crippen LogP contribution < -0.4 is 10.6 Å². The minimum Gasteiger partial charge on any atom is -0.462 e. The number of rotatable bonds is 13. The number of benzene rings is 1. The highest BCUT2D eigenvalue weighted by Crippen LogP contribution is 2.24. The third-order valence-corrected chi connectivity index (χ3v) is 5.21. The van der Waals surface area contributed by atoms with E-state index < -0.39 is 10.9 Å². The zero-order valence-corrected chi connectivity index (χ0v) is 23.5. The molecule has 2 heterocycles. The minimum atomic E-state index is -0.510. The summed E-state index contributed by atoms with van der Waals surface area (Å²) in [5, 5.41) is 40.9. The van der Waals surface area contributed by atoms with Gasteiger partial charge < -0.3 is 25.6 Å². The van der Waals surface area contributed by atoms with E-state index in [2.05, 4.69) is 38.6 Å². The van der Waals surface area contributed by atoms with E-state index in [-0.39, 0.29) is 11.3 Å². The maximum Gasteiger partial charge on any atom is 0.341 e. The number of ether oxygens (including phenoxy) is 1. The van der Waals surface area contributed by atoms with Crippen molar-refractivity contribution in [2.45, 2.75) is 39.5 Å². The fourth-order valence-electron chi connectivity index (χ4n) is 3.05. The largest absolute Gasteiger partial charge is 0.462 e. The lowest BCUT2D eigenvalue weighted by Crippen LogP contribution is -2.17. The van der Waals surface area contributed by atoms with Gasteiger partial charge in [0.1, 0.15) is 17.6 Å².